The monoisotopic (exact) mass is 264 g/mol. The van der Waals surface area contributed by atoms with Crippen molar-refractivity contribution in [1.29, 1.82) is 0 Å². The van der Waals surface area contributed by atoms with Gasteiger partial charge in [-0.3, -0.25) is 0 Å². The van der Waals surface area contributed by atoms with Crippen molar-refractivity contribution in [3.8, 4) is 0 Å². The van der Waals surface area contributed by atoms with Crippen molar-refractivity contribution >= 4 is 5.69 Å². The van der Waals surface area contributed by atoms with Crippen molar-refractivity contribution in [2.24, 2.45) is 11.7 Å². The van der Waals surface area contributed by atoms with Crippen molar-refractivity contribution < 1.29 is 4.39 Å². The van der Waals surface area contributed by atoms with Gasteiger partial charge in [-0.2, -0.15) is 0 Å². The molecule has 1 saturated carbocycles. The van der Waals surface area contributed by atoms with Gasteiger partial charge in [-0.15, -0.1) is 0 Å². The van der Waals surface area contributed by atoms with E-state index >= 15 is 0 Å². The number of nitrogens with zero attached hydrogens (tertiary/aromatic N) is 1. The predicted molar refractivity (Wildman–Crippen MR) is 79.0 cm³/mol. The molecule has 0 bridgehead atoms. The molecule has 0 saturated heterocycles. The highest BCUT2D eigenvalue weighted by Crippen LogP contribution is 2.35. The van der Waals surface area contributed by atoms with Gasteiger partial charge in [0.25, 0.3) is 0 Å². The van der Waals surface area contributed by atoms with E-state index in [9.17, 15) is 4.39 Å². The highest BCUT2D eigenvalue weighted by Gasteiger charge is 2.31. The Bertz CT molecular complexity index is 413. The van der Waals surface area contributed by atoms with Crippen molar-refractivity contribution in [2.75, 3.05) is 18.0 Å². The van der Waals surface area contributed by atoms with Gasteiger partial charge >= 0.3 is 0 Å². The third-order valence-corrected chi connectivity index (χ3v) is 3.71. The molecule has 106 valence electrons. The van der Waals surface area contributed by atoms with Crippen LogP contribution in [0, 0.1) is 11.7 Å². The molecule has 0 aliphatic heterocycles. The van der Waals surface area contributed by atoms with Crippen LogP contribution >= 0.6 is 0 Å². The molecule has 0 atom stereocenters. The lowest BCUT2D eigenvalue weighted by atomic mass is 10.1. The van der Waals surface area contributed by atoms with E-state index in [1.165, 1.54) is 12.8 Å². The van der Waals surface area contributed by atoms with Gasteiger partial charge in [0, 0.05) is 12.6 Å². The Morgan fingerprint density at radius 3 is 2.68 bits per heavy atom. The second-order valence-electron chi connectivity index (χ2n) is 5.89. The van der Waals surface area contributed by atoms with Crippen LogP contribution in [0.3, 0.4) is 0 Å². The normalized spacial score (nSPS) is 15.0. The molecule has 0 unspecified atom stereocenters. The van der Waals surface area contributed by atoms with Crippen LogP contribution in [0.25, 0.3) is 0 Å². The van der Waals surface area contributed by atoms with E-state index in [0.29, 0.717) is 18.5 Å². The van der Waals surface area contributed by atoms with Gasteiger partial charge in [0.15, 0.2) is 0 Å². The molecule has 0 amide bonds. The number of para-hydroxylation sites is 1. The topological polar surface area (TPSA) is 29.3 Å². The first-order valence-electron chi connectivity index (χ1n) is 7.37. The molecule has 1 aromatic rings. The van der Waals surface area contributed by atoms with E-state index < -0.39 is 0 Å². The van der Waals surface area contributed by atoms with Gasteiger partial charge in [-0.1, -0.05) is 26.0 Å². The number of hydrogen-bond donors (Lipinski definition) is 1. The summed E-state index contributed by atoms with van der Waals surface area (Å²) in [6.07, 6.45) is 4.23. The Labute approximate surface area is 115 Å². The summed E-state index contributed by atoms with van der Waals surface area (Å²) in [5.41, 5.74) is 7.51. The summed E-state index contributed by atoms with van der Waals surface area (Å²) in [4.78, 5) is 2.28. The number of anilines is 1. The van der Waals surface area contributed by atoms with Crippen molar-refractivity contribution in [2.45, 2.75) is 45.6 Å². The lowest BCUT2D eigenvalue weighted by molar-refractivity contribution is 0.557. The molecule has 1 aromatic carbocycles. The number of halogens is 1. The van der Waals surface area contributed by atoms with Crippen molar-refractivity contribution in [1.82, 2.24) is 0 Å². The van der Waals surface area contributed by atoms with E-state index in [2.05, 4.69) is 18.7 Å². The molecule has 0 radical (unpaired) electrons. The van der Waals surface area contributed by atoms with E-state index in [1.807, 2.05) is 6.07 Å². The van der Waals surface area contributed by atoms with Gasteiger partial charge in [0.1, 0.15) is 5.82 Å². The summed E-state index contributed by atoms with van der Waals surface area (Å²) in [7, 11) is 0. The maximum atomic E-state index is 14.3. The molecule has 0 aromatic heterocycles. The third-order valence-electron chi connectivity index (χ3n) is 3.71. The SMILES string of the molecule is CC(C)CCN(c1c(F)cccc1CCN)C1CC1. The van der Waals surface area contributed by atoms with Crippen LogP contribution in [0.4, 0.5) is 10.1 Å². The minimum atomic E-state index is -0.0957. The van der Waals surface area contributed by atoms with Crippen LogP contribution in [0.2, 0.25) is 0 Å². The third kappa shape index (κ3) is 3.69. The summed E-state index contributed by atoms with van der Waals surface area (Å²) in [5.74, 6) is 0.549. The molecule has 19 heavy (non-hydrogen) atoms. The second-order valence-corrected chi connectivity index (χ2v) is 5.89. The summed E-state index contributed by atoms with van der Waals surface area (Å²) >= 11 is 0. The minimum absolute atomic E-state index is 0.0957. The predicted octanol–water partition coefficient (Wildman–Crippen LogP) is 3.34. The quantitative estimate of drug-likeness (QED) is 0.818. The molecule has 3 heteroatoms. The first kappa shape index (κ1) is 14.3. The zero-order valence-electron chi connectivity index (χ0n) is 12.0. The molecule has 0 spiro atoms. The lowest BCUT2D eigenvalue weighted by Gasteiger charge is -2.28. The van der Waals surface area contributed by atoms with Gasteiger partial charge in [0.2, 0.25) is 0 Å². The summed E-state index contributed by atoms with van der Waals surface area (Å²) in [5, 5.41) is 0. The Morgan fingerprint density at radius 1 is 1.37 bits per heavy atom. The van der Waals surface area contributed by atoms with Gasteiger partial charge < -0.3 is 10.6 Å². The van der Waals surface area contributed by atoms with Gasteiger partial charge in [0.05, 0.1) is 5.69 Å². The standard InChI is InChI=1S/C16H25FN2/c1-12(2)9-11-19(14-6-7-14)16-13(8-10-18)4-3-5-15(16)17/h3-5,12,14H,6-11,18H2,1-2H3. The number of rotatable bonds is 7. The average molecular weight is 264 g/mol. The molecular weight excluding hydrogens is 239 g/mol. The Kier molecular flexibility index (Phi) is 4.81. The van der Waals surface area contributed by atoms with Crippen LogP contribution in [0.1, 0.15) is 38.7 Å². The second kappa shape index (κ2) is 6.38. The van der Waals surface area contributed by atoms with Crippen LogP contribution in [0.5, 0.6) is 0 Å². The number of nitrogens with two attached hydrogens (primary N) is 1. The lowest BCUT2D eigenvalue weighted by Crippen LogP contribution is -2.30. The summed E-state index contributed by atoms with van der Waals surface area (Å²) in [6, 6.07) is 5.90. The summed E-state index contributed by atoms with van der Waals surface area (Å²) in [6.45, 7) is 5.94. The maximum absolute atomic E-state index is 14.3. The Balaban J connectivity index is 2.24. The Morgan fingerprint density at radius 2 is 2.11 bits per heavy atom. The van der Waals surface area contributed by atoms with E-state index in [0.717, 1.165) is 30.6 Å². The highest BCUT2D eigenvalue weighted by molar-refractivity contribution is 5.56. The minimum Gasteiger partial charge on any atom is -0.366 e. The van der Waals surface area contributed by atoms with Gasteiger partial charge in [-0.05, 0) is 49.8 Å². The smallest absolute Gasteiger partial charge is 0.146 e. The molecule has 2 nitrogen and oxygen atoms in total. The maximum Gasteiger partial charge on any atom is 0.146 e. The molecule has 2 N–H and O–H groups in total. The van der Waals surface area contributed by atoms with Crippen LogP contribution in [0.15, 0.2) is 18.2 Å². The van der Waals surface area contributed by atoms with Crippen LogP contribution < -0.4 is 10.6 Å². The fourth-order valence-corrected chi connectivity index (χ4v) is 2.50. The fraction of sp³-hybridized carbons (Fsp3) is 0.625. The van der Waals surface area contributed by atoms with E-state index in [4.69, 9.17) is 5.73 Å². The number of hydrogen-bond acceptors (Lipinski definition) is 2. The zero-order chi connectivity index (χ0) is 13.8. The summed E-state index contributed by atoms with van der Waals surface area (Å²) < 4.78 is 14.3. The van der Waals surface area contributed by atoms with Gasteiger partial charge in [-0.25, -0.2) is 4.39 Å². The zero-order valence-corrected chi connectivity index (χ0v) is 12.0. The largest absolute Gasteiger partial charge is 0.366 e. The van der Waals surface area contributed by atoms with Crippen molar-refractivity contribution in [3.63, 3.8) is 0 Å². The molecule has 0 heterocycles. The molecule has 2 rings (SSSR count). The average Bonchev–Trinajstić information content (AvgIpc) is 3.17. The Hall–Kier alpha value is -1.09. The molecule has 1 fully saturated rings. The first-order valence-corrected chi connectivity index (χ1v) is 7.37. The first-order chi connectivity index (χ1) is 9.13. The van der Waals surface area contributed by atoms with Crippen LogP contribution in [-0.2, 0) is 6.42 Å². The van der Waals surface area contributed by atoms with Crippen LogP contribution in [-0.4, -0.2) is 19.1 Å². The highest BCUT2D eigenvalue weighted by atomic mass is 19.1. The van der Waals surface area contributed by atoms with E-state index in [1.54, 1.807) is 12.1 Å². The molecular formula is C16H25FN2. The number of benzene rings is 1. The van der Waals surface area contributed by atoms with E-state index in [-0.39, 0.29) is 5.82 Å². The molecule has 1 aliphatic carbocycles. The van der Waals surface area contributed by atoms with Crippen molar-refractivity contribution in [3.05, 3.63) is 29.6 Å². The fourth-order valence-electron chi connectivity index (χ4n) is 2.50. The molecule has 1 aliphatic rings.